The minimum atomic E-state index is -1.24. The Hall–Kier alpha value is -1.92. The first-order chi connectivity index (χ1) is 7.47. The van der Waals surface area contributed by atoms with E-state index in [1.54, 1.807) is 0 Å². The molecule has 0 spiro atoms. The average molecular weight is 231 g/mol. The third kappa shape index (κ3) is 6.52. The van der Waals surface area contributed by atoms with Crippen LogP contribution in [0.25, 0.3) is 0 Å². The van der Waals surface area contributed by atoms with E-state index >= 15 is 0 Å². The van der Waals surface area contributed by atoms with E-state index in [1.807, 2.05) is 0 Å². The van der Waals surface area contributed by atoms with Gasteiger partial charge in [-0.1, -0.05) is 0 Å². The standard InChI is InChI=1S/C9H13NO6/c1-6(12)2-3-7(9(14)15)10-8(13)4-16-5-11/h5,7H,2-4H2,1H3,(H,10,13)(H,14,15). The summed E-state index contributed by atoms with van der Waals surface area (Å²) in [7, 11) is 0. The zero-order valence-corrected chi connectivity index (χ0v) is 8.76. The fourth-order valence-corrected chi connectivity index (χ4v) is 0.951. The molecule has 0 radical (unpaired) electrons. The molecule has 7 heteroatoms. The molecule has 0 rings (SSSR count). The van der Waals surface area contributed by atoms with Gasteiger partial charge < -0.3 is 20.0 Å². The highest BCUT2D eigenvalue weighted by Crippen LogP contribution is 1.98. The van der Waals surface area contributed by atoms with Gasteiger partial charge in [-0.3, -0.25) is 9.59 Å². The van der Waals surface area contributed by atoms with Gasteiger partial charge >= 0.3 is 5.97 Å². The third-order valence-electron chi connectivity index (χ3n) is 1.70. The molecule has 1 amide bonds. The van der Waals surface area contributed by atoms with E-state index in [0.717, 1.165) is 0 Å². The predicted octanol–water partition coefficient (Wildman–Crippen LogP) is -0.902. The van der Waals surface area contributed by atoms with Crippen LogP contribution in [0.5, 0.6) is 0 Å². The number of carboxylic acid groups (broad SMARTS) is 1. The maximum atomic E-state index is 11.0. The smallest absolute Gasteiger partial charge is 0.326 e. The molecule has 0 bridgehead atoms. The van der Waals surface area contributed by atoms with Gasteiger partial charge in [-0.05, 0) is 13.3 Å². The topological polar surface area (TPSA) is 110 Å². The maximum Gasteiger partial charge on any atom is 0.326 e. The van der Waals surface area contributed by atoms with Crippen molar-refractivity contribution < 1.29 is 29.0 Å². The van der Waals surface area contributed by atoms with Gasteiger partial charge in [0.2, 0.25) is 0 Å². The van der Waals surface area contributed by atoms with Gasteiger partial charge in [0.25, 0.3) is 12.4 Å². The van der Waals surface area contributed by atoms with Gasteiger partial charge in [-0.25, -0.2) is 4.79 Å². The second-order valence-corrected chi connectivity index (χ2v) is 3.11. The van der Waals surface area contributed by atoms with Crippen molar-refractivity contribution in [3.05, 3.63) is 0 Å². The number of carbonyl (C=O) groups is 4. The minimum Gasteiger partial charge on any atom is -0.480 e. The Bertz CT molecular complexity index is 288. The summed E-state index contributed by atoms with van der Waals surface area (Å²) in [6, 6.07) is -1.15. The molecule has 0 aromatic heterocycles. The van der Waals surface area contributed by atoms with Gasteiger partial charge in [0, 0.05) is 6.42 Å². The lowest BCUT2D eigenvalue weighted by molar-refractivity contribution is -0.143. The van der Waals surface area contributed by atoms with Gasteiger partial charge in [0.15, 0.2) is 6.61 Å². The van der Waals surface area contributed by atoms with Crippen LogP contribution >= 0.6 is 0 Å². The summed E-state index contributed by atoms with van der Waals surface area (Å²) in [5, 5.41) is 10.9. The molecule has 0 aliphatic heterocycles. The molecule has 0 aromatic rings. The van der Waals surface area contributed by atoms with Gasteiger partial charge in [0.1, 0.15) is 11.8 Å². The van der Waals surface area contributed by atoms with Crippen molar-refractivity contribution in [2.24, 2.45) is 0 Å². The summed E-state index contributed by atoms with van der Waals surface area (Å²) >= 11 is 0. The van der Waals surface area contributed by atoms with Crippen molar-refractivity contribution in [1.82, 2.24) is 5.32 Å². The van der Waals surface area contributed by atoms with Crippen molar-refractivity contribution >= 4 is 24.1 Å². The molecule has 0 fully saturated rings. The van der Waals surface area contributed by atoms with Crippen LogP contribution in [0, 0.1) is 0 Å². The zero-order valence-electron chi connectivity index (χ0n) is 8.76. The molecular weight excluding hydrogens is 218 g/mol. The number of rotatable bonds is 8. The molecule has 0 aliphatic rings. The van der Waals surface area contributed by atoms with Crippen molar-refractivity contribution in [2.75, 3.05) is 6.61 Å². The number of amides is 1. The van der Waals surface area contributed by atoms with Crippen molar-refractivity contribution in [1.29, 1.82) is 0 Å². The summed E-state index contributed by atoms with van der Waals surface area (Å²) in [6.45, 7) is 0.883. The van der Waals surface area contributed by atoms with Crippen LogP contribution in [0.15, 0.2) is 0 Å². The molecule has 0 saturated heterocycles. The van der Waals surface area contributed by atoms with E-state index < -0.39 is 24.5 Å². The summed E-state index contributed by atoms with van der Waals surface area (Å²) < 4.78 is 4.15. The minimum absolute atomic E-state index is 0.0114. The summed E-state index contributed by atoms with van der Waals surface area (Å²) in [4.78, 5) is 42.1. The summed E-state index contributed by atoms with van der Waals surface area (Å²) in [6.07, 6.45) is 0.0727. The van der Waals surface area contributed by atoms with Gasteiger partial charge in [-0.2, -0.15) is 0 Å². The molecule has 0 saturated carbocycles. The third-order valence-corrected chi connectivity index (χ3v) is 1.70. The number of hydrogen-bond acceptors (Lipinski definition) is 5. The van der Waals surface area contributed by atoms with Crippen molar-refractivity contribution in [3.63, 3.8) is 0 Å². The highest BCUT2D eigenvalue weighted by molar-refractivity contribution is 5.85. The van der Waals surface area contributed by atoms with E-state index in [2.05, 4.69) is 10.1 Å². The Kier molecular flexibility index (Phi) is 6.50. The largest absolute Gasteiger partial charge is 0.480 e. The number of carboxylic acids is 1. The van der Waals surface area contributed by atoms with Crippen LogP contribution in [0.1, 0.15) is 19.8 Å². The van der Waals surface area contributed by atoms with E-state index in [-0.39, 0.29) is 25.1 Å². The number of hydrogen-bond donors (Lipinski definition) is 2. The number of ketones is 1. The molecule has 1 unspecified atom stereocenters. The Morgan fingerprint density at radius 2 is 2.06 bits per heavy atom. The first-order valence-corrected chi connectivity index (χ1v) is 4.54. The maximum absolute atomic E-state index is 11.0. The summed E-state index contributed by atoms with van der Waals surface area (Å²) in [5.41, 5.74) is 0. The number of nitrogens with one attached hydrogen (secondary N) is 1. The molecule has 0 aromatic carbocycles. The number of carbonyl (C=O) groups excluding carboxylic acids is 3. The first-order valence-electron chi connectivity index (χ1n) is 4.54. The van der Waals surface area contributed by atoms with E-state index in [9.17, 15) is 19.2 Å². The van der Waals surface area contributed by atoms with Gasteiger partial charge in [0.05, 0.1) is 0 Å². The average Bonchev–Trinajstić information content (AvgIpc) is 2.20. The Balaban J connectivity index is 4.11. The van der Waals surface area contributed by atoms with Crippen LogP contribution < -0.4 is 5.32 Å². The van der Waals surface area contributed by atoms with Crippen molar-refractivity contribution in [2.45, 2.75) is 25.8 Å². The fraction of sp³-hybridized carbons (Fsp3) is 0.556. The number of ether oxygens (including phenoxy) is 1. The van der Waals surface area contributed by atoms with E-state index in [1.165, 1.54) is 6.92 Å². The molecule has 90 valence electrons. The Morgan fingerprint density at radius 1 is 1.44 bits per heavy atom. The lowest BCUT2D eigenvalue weighted by atomic mass is 10.1. The predicted molar refractivity (Wildman–Crippen MR) is 51.5 cm³/mol. The SMILES string of the molecule is CC(=O)CCC(NC(=O)COC=O)C(=O)O. The summed E-state index contributed by atoms with van der Waals surface area (Å²) in [5.74, 6) is -2.12. The number of Topliss-reactive ketones (excluding diaryl/α,β-unsaturated/α-hetero) is 1. The van der Waals surface area contributed by atoms with Gasteiger partial charge in [-0.15, -0.1) is 0 Å². The van der Waals surface area contributed by atoms with Crippen LogP contribution in [-0.2, 0) is 23.9 Å². The highest BCUT2D eigenvalue weighted by atomic mass is 16.5. The molecule has 0 aliphatic carbocycles. The molecule has 16 heavy (non-hydrogen) atoms. The van der Waals surface area contributed by atoms with Crippen LogP contribution in [-0.4, -0.2) is 41.9 Å². The molecular formula is C9H13NO6. The first kappa shape index (κ1) is 14.1. The second-order valence-electron chi connectivity index (χ2n) is 3.11. The second kappa shape index (κ2) is 7.38. The van der Waals surface area contributed by atoms with Crippen LogP contribution in [0.2, 0.25) is 0 Å². The molecule has 7 nitrogen and oxygen atoms in total. The fourth-order valence-electron chi connectivity index (χ4n) is 0.951. The lowest BCUT2D eigenvalue weighted by Crippen LogP contribution is -2.42. The van der Waals surface area contributed by atoms with E-state index in [0.29, 0.717) is 0 Å². The lowest BCUT2D eigenvalue weighted by Gasteiger charge is -2.12. The monoisotopic (exact) mass is 231 g/mol. The molecule has 2 N–H and O–H groups in total. The van der Waals surface area contributed by atoms with E-state index in [4.69, 9.17) is 5.11 Å². The van der Waals surface area contributed by atoms with Crippen LogP contribution in [0.3, 0.4) is 0 Å². The molecule has 1 atom stereocenters. The number of aliphatic carboxylic acids is 1. The molecule has 0 heterocycles. The highest BCUT2D eigenvalue weighted by Gasteiger charge is 2.20. The quantitative estimate of drug-likeness (QED) is 0.524. The zero-order chi connectivity index (χ0) is 12.6. The van der Waals surface area contributed by atoms with Crippen LogP contribution in [0.4, 0.5) is 0 Å². The normalized spacial score (nSPS) is 11.3. The van der Waals surface area contributed by atoms with Crippen molar-refractivity contribution in [3.8, 4) is 0 Å². The Morgan fingerprint density at radius 3 is 2.50 bits per heavy atom. The Labute approximate surface area is 91.8 Å².